The smallest absolute Gasteiger partial charge is 0.253 e. The van der Waals surface area contributed by atoms with Gasteiger partial charge in [-0.05, 0) is 24.1 Å². The molecule has 8 heteroatoms. The lowest BCUT2D eigenvalue weighted by molar-refractivity contribution is 0.0827. The number of guanidine groups is 1. The summed E-state index contributed by atoms with van der Waals surface area (Å²) in [5.41, 5.74) is 2.67. The highest BCUT2D eigenvalue weighted by Crippen LogP contribution is 2.06. The summed E-state index contributed by atoms with van der Waals surface area (Å²) in [7, 11) is 5.20. The number of aromatic nitrogens is 1. The molecule has 1 amide bonds. The van der Waals surface area contributed by atoms with Crippen molar-refractivity contribution in [1.82, 2.24) is 20.7 Å². The normalized spacial score (nSPS) is 10.8. The van der Waals surface area contributed by atoms with Crippen molar-refractivity contribution in [1.29, 1.82) is 0 Å². The van der Waals surface area contributed by atoms with Gasteiger partial charge < -0.3 is 20.1 Å². The van der Waals surface area contributed by atoms with Crippen molar-refractivity contribution in [2.24, 2.45) is 4.99 Å². The van der Waals surface area contributed by atoms with E-state index < -0.39 is 0 Å². The van der Waals surface area contributed by atoms with E-state index in [1.165, 1.54) is 0 Å². The van der Waals surface area contributed by atoms with Gasteiger partial charge in [0.1, 0.15) is 0 Å². The Hall–Kier alpha value is -2.10. The highest BCUT2D eigenvalue weighted by molar-refractivity contribution is 14.0. The molecule has 142 valence electrons. The molecule has 2 aromatic rings. The highest BCUT2D eigenvalue weighted by atomic mass is 127. The number of rotatable bonds is 6. The Bertz CT molecular complexity index is 725. The molecular weight excluding hydrogens is 445 g/mol. The summed E-state index contributed by atoms with van der Waals surface area (Å²) < 4.78 is 5.24. The van der Waals surface area contributed by atoms with E-state index >= 15 is 0 Å². The molecule has 2 N–H and O–H groups in total. The summed E-state index contributed by atoms with van der Waals surface area (Å²) in [6, 6.07) is 9.45. The summed E-state index contributed by atoms with van der Waals surface area (Å²) in [4.78, 5) is 17.6. The number of aliphatic imine (C=N–C) groups is 1. The number of aryl methyl sites for hydroxylation is 1. The molecular formula is C18H26IN5O2. The fourth-order valence-electron chi connectivity index (χ4n) is 2.21. The second-order valence-corrected chi connectivity index (χ2v) is 5.81. The molecule has 0 fully saturated rings. The summed E-state index contributed by atoms with van der Waals surface area (Å²) >= 11 is 0. The zero-order valence-corrected chi connectivity index (χ0v) is 17.9. The number of nitrogens with zero attached hydrogens (tertiary/aromatic N) is 3. The summed E-state index contributed by atoms with van der Waals surface area (Å²) in [5.74, 6) is 1.43. The van der Waals surface area contributed by atoms with Crippen LogP contribution < -0.4 is 10.6 Å². The van der Waals surface area contributed by atoms with E-state index in [1.807, 2.05) is 37.3 Å². The minimum Gasteiger partial charge on any atom is -0.359 e. The third-order valence-electron chi connectivity index (χ3n) is 3.69. The fourth-order valence-corrected chi connectivity index (χ4v) is 2.21. The summed E-state index contributed by atoms with van der Waals surface area (Å²) in [6.45, 7) is 3.16. The van der Waals surface area contributed by atoms with Gasteiger partial charge in [0.15, 0.2) is 11.7 Å². The second-order valence-electron chi connectivity index (χ2n) is 5.81. The Morgan fingerprint density at radius 2 is 1.85 bits per heavy atom. The number of hydrogen-bond donors (Lipinski definition) is 2. The van der Waals surface area contributed by atoms with Crippen LogP contribution in [0.25, 0.3) is 0 Å². The highest BCUT2D eigenvalue weighted by Gasteiger charge is 2.08. The average molecular weight is 471 g/mol. The van der Waals surface area contributed by atoms with Gasteiger partial charge in [0, 0.05) is 39.3 Å². The van der Waals surface area contributed by atoms with Gasteiger partial charge in [-0.15, -0.1) is 24.0 Å². The third-order valence-corrected chi connectivity index (χ3v) is 3.69. The lowest BCUT2D eigenvalue weighted by Gasteiger charge is -2.12. The predicted molar refractivity (Wildman–Crippen MR) is 113 cm³/mol. The van der Waals surface area contributed by atoms with Crippen LogP contribution in [0.4, 0.5) is 0 Å². The zero-order valence-electron chi connectivity index (χ0n) is 15.6. The van der Waals surface area contributed by atoms with Crippen molar-refractivity contribution in [2.45, 2.75) is 26.4 Å². The maximum atomic E-state index is 11.9. The van der Waals surface area contributed by atoms with Gasteiger partial charge in [0.2, 0.25) is 0 Å². The van der Waals surface area contributed by atoms with Crippen LogP contribution in [0.15, 0.2) is 39.8 Å². The van der Waals surface area contributed by atoms with Crippen molar-refractivity contribution < 1.29 is 9.32 Å². The first-order valence-electron chi connectivity index (χ1n) is 8.23. The second kappa shape index (κ2) is 10.8. The minimum absolute atomic E-state index is 0. The number of hydrogen-bond acceptors (Lipinski definition) is 4. The van der Waals surface area contributed by atoms with Gasteiger partial charge in [0.25, 0.3) is 5.91 Å². The van der Waals surface area contributed by atoms with Crippen LogP contribution in [0.5, 0.6) is 0 Å². The summed E-state index contributed by atoms with van der Waals surface area (Å²) in [6.07, 6.45) is 0.850. The average Bonchev–Trinajstić information content (AvgIpc) is 3.09. The molecule has 0 aliphatic rings. The molecule has 0 radical (unpaired) electrons. The molecule has 1 aromatic heterocycles. The number of carbonyl (C=O) groups excluding carboxylic acids is 1. The number of amides is 1. The predicted octanol–water partition coefficient (Wildman–Crippen LogP) is 2.42. The van der Waals surface area contributed by atoms with Crippen LogP contribution in [0.3, 0.4) is 0 Å². The molecule has 26 heavy (non-hydrogen) atoms. The van der Waals surface area contributed by atoms with Gasteiger partial charge in [-0.3, -0.25) is 9.79 Å². The van der Waals surface area contributed by atoms with Crippen LogP contribution in [-0.2, 0) is 19.5 Å². The monoisotopic (exact) mass is 471 g/mol. The first kappa shape index (κ1) is 21.9. The Morgan fingerprint density at radius 3 is 2.38 bits per heavy atom. The van der Waals surface area contributed by atoms with E-state index in [0.29, 0.717) is 24.6 Å². The molecule has 0 unspecified atom stereocenters. The molecule has 7 nitrogen and oxygen atoms in total. The molecule has 1 aromatic carbocycles. The van der Waals surface area contributed by atoms with Crippen LogP contribution in [0, 0.1) is 0 Å². The van der Waals surface area contributed by atoms with Crippen LogP contribution in [0.1, 0.15) is 34.3 Å². The lowest BCUT2D eigenvalue weighted by Crippen LogP contribution is -2.36. The SMILES string of the molecule is CCc1cc(CNC(=NC)NCc2ccc(C(=O)N(C)C)cc2)on1.I. The van der Waals surface area contributed by atoms with E-state index in [1.54, 1.807) is 26.0 Å². The van der Waals surface area contributed by atoms with Crippen molar-refractivity contribution in [3.8, 4) is 0 Å². The molecule has 0 saturated carbocycles. The first-order valence-corrected chi connectivity index (χ1v) is 8.23. The molecule has 0 aliphatic heterocycles. The van der Waals surface area contributed by atoms with Crippen molar-refractivity contribution >= 4 is 35.8 Å². The summed E-state index contributed by atoms with van der Waals surface area (Å²) in [5, 5.41) is 10.4. The number of benzene rings is 1. The van der Waals surface area contributed by atoms with E-state index in [-0.39, 0.29) is 29.9 Å². The molecule has 0 spiro atoms. The van der Waals surface area contributed by atoms with E-state index in [2.05, 4.69) is 20.8 Å². The van der Waals surface area contributed by atoms with Gasteiger partial charge in [-0.25, -0.2) is 0 Å². The molecule has 0 aliphatic carbocycles. The zero-order chi connectivity index (χ0) is 18.2. The molecule has 1 heterocycles. The minimum atomic E-state index is -0.00417. The maximum Gasteiger partial charge on any atom is 0.253 e. The number of nitrogens with one attached hydrogen (secondary N) is 2. The van der Waals surface area contributed by atoms with Crippen LogP contribution in [0.2, 0.25) is 0 Å². The van der Waals surface area contributed by atoms with Gasteiger partial charge >= 0.3 is 0 Å². The van der Waals surface area contributed by atoms with Gasteiger partial charge in [-0.1, -0.05) is 24.2 Å². The Balaban J connectivity index is 0.00000338. The third kappa shape index (κ3) is 6.32. The standard InChI is InChI=1S/C18H25N5O2.HI/c1-5-15-10-16(25-22-15)12-21-18(19-2)20-11-13-6-8-14(9-7-13)17(24)23(3)4;/h6-10H,5,11-12H2,1-4H3,(H2,19,20,21);1H. The quantitative estimate of drug-likeness (QED) is 0.384. The van der Waals surface area contributed by atoms with E-state index in [9.17, 15) is 4.79 Å². The van der Waals surface area contributed by atoms with Crippen LogP contribution in [-0.4, -0.2) is 43.1 Å². The number of halogens is 1. The fraction of sp³-hybridized carbons (Fsp3) is 0.389. The van der Waals surface area contributed by atoms with Crippen molar-refractivity contribution in [2.75, 3.05) is 21.1 Å². The lowest BCUT2D eigenvalue weighted by atomic mass is 10.1. The molecule has 0 atom stereocenters. The van der Waals surface area contributed by atoms with Gasteiger partial charge in [0.05, 0.1) is 12.2 Å². The van der Waals surface area contributed by atoms with E-state index in [0.717, 1.165) is 23.4 Å². The topological polar surface area (TPSA) is 82.8 Å². The largest absolute Gasteiger partial charge is 0.359 e. The first-order chi connectivity index (χ1) is 12.0. The Labute approximate surface area is 171 Å². The van der Waals surface area contributed by atoms with Gasteiger partial charge in [-0.2, -0.15) is 0 Å². The Morgan fingerprint density at radius 1 is 1.19 bits per heavy atom. The molecule has 2 rings (SSSR count). The van der Waals surface area contributed by atoms with E-state index in [4.69, 9.17) is 4.52 Å². The molecule has 0 saturated heterocycles. The number of carbonyl (C=O) groups is 1. The van der Waals surface area contributed by atoms with Crippen molar-refractivity contribution in [3.63, 3.8) is 0 Å². The van der Waals surface area contributed by atoms with Crippen molar-refractivity contribution in [3.05, 3.63) is 52.9 Å². The Kier molecular flexibility index (Phi) is 9.11. The maximum absolute atomic E-state index is 11.9. The van der Waals surface area contributed by atoms with Crippen LogP contribution >= 0.6 is 24.0 Å². The molecule has 0 bridgehead atoms.